The van der Waals surface area contributed by atoms with Crippen LogP contribution in [0.15, 0.2) is 18.3 Å². The van der Waals surface area contributed by atoms with Gasteiger partial charge in [0.2, 0.25) is 0 Å². The molecule has 0 aliphatic carbocycles. The zero-order valence-electron chi connectivity index (χ0n) is 18.0. The summed E-state index contributed by atoms with van der Waals surface area (Å²) >= 11 is 0. The largest absolute Gasteiger partial charge is 0.396 e. The second-order valence-electron chi connectivity index (χ2n) is 7.93. The average molecular weight is 381 g/mol. The highest BCUT2D eigenvalue weighted by atomic mass is 16.3. The minimum Gasteiger partial charge on any atom is -0.396 e. The van der Waals surface area contributed by atoms with E-state index in [9.17, 15) is 5.11 Å². The fourth-order valence-corrected chi connectivity index (χ4v) is 3.85. The standard InChI is InChI=1S/C23H32N4O/c1-7-9-16(13-28)18-12-27(6)23-22(18)24-15(5)21(26-23)17-10-11-20(14(3)4)25-19(17)8-2/h10-12,14,16,28H,7-9,13H2,1-6H3. The van der Waals surface area contributed by atoms with Crippen LogP contribution in [0, 0.1) is 6.92 Å². The minimum absolute atomic E-state index is 0.103. The molecule has 3 rings (SSSR count). The zero-order chi connectivity index (χ0) is 20.4. The molecule has 0 aromatic carbocycles. The van der Waals surface area contributed by atoms with Crippen molar-refractivity contribution in [2.75, 3.05) is 6.61 Å². The second kappa shape index (κ2) is 8.39. The third kappa shape index (κ3) is 3.68. The first-order valence-electron chi connectivity index (χ1n) is 10.4. The highest BCUT2D eigenvalue weighted by Gasteiger charge is 2.21. The molecule has 0 spiro atoms. The Hall–Kier alpha value is -2.27. The van der Waals surface area contributed by atoms with Gasteiger partial charge in [-0.3, -0.25) is 4.98 Å². The maximum absolute atomic E-state index is 9.85. The van der Waals surface area contributed by atoms with Crippen molar-refractivity contribution in [2.45, 2.75) is 65.7 Å². The number of pyridine rings is 1. The topological polar surface area (TPSA) is 63.8 Å². The Morgan fingerprint density at radius 2 is 1.86 bits per heavy atom. The number of rotatable bonds is 7. The predicted molar refractivity (Wildman–Crippen MR) is 115 cm³/mol. The van der Waals surface area contributed by atoms with Crippen molar-refractivity contribution >= 4 is 11.2 Å². The van der Waals surface area contributed by atoms with Crippen LogP contribution in [0.2, 0.25) is 0 Å². The van der Waals surface area contributed by atoms with Gasteiger partial charge in [-0.2, -0.15) is 0 Å². The molecular formula is C23H32N4O. The maximum atomic E-state index is 9.85. The molecule has 3 aromatic heterocycles. The maximum Gasteiger partial charge on any atom is 0.159 e. The lowest BCUT2D eigenvalue weighted by Crippen LogP contribution is -2.05. The summed E-state index contributed by atoms with van der Waals surface area (Å²) in [6, 6.07) is 4.24. The number of aliphatic hydroxyl groups excluding tert-OH is 1. The summed E-state index contributed by atoms with van der Waals surface area (Å²) in [5, 5.41) is 9.85. The zero-order valence-corrected chi connectivity index (χ0v) is 18.0. The van der Waals surface area contributed by atoms with E-state index >= 15 is 0 Å². The number of aliphatic hydroxyl groups is 1. The summed E-state index contributed by atoms with van der Waals surface area (Å²) in [4.78, 5) is 14.8. The molecule has 0 fully saturated rings. The summed E-state index contributed by atoms with van der Waals surface area (Å²) in [5.41, 5.74) is 7.90. The van der Waals surface area contributed by atoms with Gasteiger partial charge in [-0.1, -0.05) is 34.1 Å². The monoisotopic (exact) mass is 380 g/mol. The summed E-state index contributed by atoms with van der Waals surface area (Å²) in [6.07, 6.45) is 4.90. The van der Waals surface area contributed by atoms with Gasteiger partial charge in [-0.25, -0.2) is 9.97 Å². The van der Waals surface area contributed by atoms with E-state index in [1.54, 1.807) is 0 Å². The van der Waals surface area contributed by atoms with Gasteiger partial charge in [0, 0.05) is 41.7 Å². The summed E-state index contributed by atoms with van der Waals surface area (Å²) in [5.74, 6) is 0.505. The van der Waals surface area contributed by atoms with Crippen molar-refractivity contribution in [2.24, 2.45) is 7.05 Å². The first-order chi connectivity index (χ1) is 13.4. The van der Waals surface area contributed by atoms with E-state index in [0.29, 0.717) is 5.92 Å². The van der Waals surface area contributed by atoms with E-state index in [2.05, 4.69) is 46.0 Å². The third-order valence-corrected chi connectivity index (χ3v) is 5.47. The normalized spacial score (nSPS) is 12.9. The molecule has 3 aromatic rings. The Morgan fingerprint density at radius 3 is 2.46 bits per heavy atom. The molecule has 0 bridgehead atoms. The van der Waals surface area contributed by atoms with E-state index in [0.717, 1.165) is 64.3 Å². The Morgan fingerprint density at radius 1 is 1.11 bits per heavy atom. The molecule has 5 nitrogen and oxygen atoms in total. The number of hydrogen-bond donors (Lipinski definition) is 1. The Balaban J connectivity index is 2.17. The molecule has 3 heterocycles. The van der Waals surface area contributed by atoms with Gasteiger partial charge in [0.1, 0.15) is 5.52 Å². The lowest BCUT2D eigenvalue weighted by Gasteiger charge is -2.14. The highest BCUT2D eigenvalue weighted by molar-refractivity contribution is 5.80. The number of fused-ring (bicyclic) bond motifs is 1. The molecule has 150 valence electrons. The Kier molecular flexibility index (Phi) is 6.14. The van der Waals surface area contributed by atoms with Crippen LogP contribution in [0.25, 0.3) is 22.4 Å². The molecule has 5 heteroatoms. The van der Waals surface area contributed by atoms with Crippen LogP contribution in [0.3, 0.4) is 0 Å². The summed E-state index contributed by atoms with van der Waals surface area (Å²) in [6.45, 7) is 10.8. The predicted octanol–water partition coefficient (Wildman–Crippen LogP) is 4.90. The van der Waals surface area contributed by atoms with Crippen molar-refractivity contribution in [1.82, 2.24) is 19.5 Å². The van der Waals surface area contributed by atoms with Crippen molar-refractivity contribution in [3.63, 3.8) is 0 Å². The molecule has 0 saturated carbocycles. The van der Waals surface area contributed by atoms with Crippen molar-refractivity contribution < 1.29 is 5.11 Å². The van der Waals surface area contributed by atoms with Gasteiger partial charge in [0.25, 0.3) is 0 Å². The van der Waals surface area contributed by atoms with Crippen molar-refractivity contribution in [3.05, 3.63) is 41.0 Å². The Labute approximate surface area is 167 Å². The number of aromatic nitrogens is 4. The molecule has 1 N–H and O–H groups in total. The van der Waals surface area contributed by atoms with Gasteiger partial charge in [0.05, 0.1) is 18.0 Å². The van der Waals surface area contributed by atoms with Crippen LogP contribution >= 0.6 is 0 Å². The lowest BCUT2D eigenvalue weighted by molar-refractivity contribution is 0.259. The quantitative estimate of drug-likeness (QED) is 0.633. The van der Waals surface area contributed by atoms with Gasteiger partial charge >= 0.3 is 0 Å². The van der Waals surface area contributed by atoms with E-state index in [4.69, 9.17) is 15.0 Å². The highest BCUT2D eigenvalue weighted by Crippen LogP contribution is 2.32. The van der Waals surface area contributed by atoms with Crippen LogP contribution in [-0.2, 0) is 13.5 Å². The van der Waals surface area contributed by atoms with Crippen LogP contribution in [-0.4, -0.2) is 31.2 Å². The Bertz CT molecular complexity index is 974. The number of hydrogen-bond acceptors (Lipinski definition) is 4. The molecule has 1 atom stereocenters. The molecule has 0 saturated heterocycles. The smallest absolute Gasteiger partial charge is 0.159 e. The number of nitrogens with zero attached hydrogens (tertiary/aromatic N) is 4. The molecule has 0 amide bonds. The fourth-order valence-electron chi connectivity index (χ4n) is 3.85. The van der Waals surface area contributed by atoms with E-state index < -0.39 is 0 Å². The third-order valence-electron chi connectivity index (χ3n) is 5.47. The molecule has 0 radical (unpaired) electrons. The molecule has 1 unspecified atom stereocenters. The van der Waals surface area contributed by atoms with Crippen molar-refractivity contribution in [1.29, 1.82) is 0 Å². The van der Waals surface area contributed by atoms with Crippen LogP contribution in [0.5, 0.6) is 0 Å². The van der Waals surface area contributed by atoms with Crippen molar-refractivity contribution in [3.8, 4) is 11.3 Å². The average Bonchev–Trinajstić information content (AvgIpc) is 3.00. The minimum atomic E-state index is 0.103. The molecule has 0 aliphatic heterocycles. The molecule has 28 heavy (non-hydrogen) atoms. The second-order valence-corrected chi connectivity index (χ2v) is 7.93. The molecule has 0 aliphatic rings. The van der Waals surface area contributed by atoms with Gasteiger partial charge in [0.15, 0.2) is 5.65 Å². The van der Waals surface area contributed by atoms with Crippen LogP contribution < -0.4 is 0 Å². The number of aryl methyl sites for hydroxylation is 3. The van der Waals surface area contributed by atoms with Gasteiger partial charge < -0.3 is 9.67 Å². The van der Waals surface area contributed by atoms with Crippen LogP contribution in [0.1, 0.15) is 75.0 Å². The first-order valence-corrected chi connectivity index (χ1v) is 10.4. The van der Waals surface area contributed by atoms with E-state index in [-0.39, 0.29) is 12.5 Å². The van der Waals surface area contributed by atoms with E-state index in [1.165, 1.54) is 0 Å². The lowest BCUT2D eigenvalue weighted by atomic mass is 9.97. The SMILES string of the molecule is CCCC(CO)c1cn(C)c2nc(-c3ccc(C(C)C)nc3CC)c(C)nc12. The summed E-state index contributed by atoms with van der Waals surface area (Å²) < 4.78 is 2.03. The molecular weight excluding hydrogens is 348 g/mol. The van der Waals surface area contributed by atoms with Crippen LogP contribution in [0.4, 0.5) is 0 Å². The van der Waals surface area contributed by atoms with E-state index in [1.807, 2.05) is 18.5 Å². The van der Waals surface area contributed by atoms with Gasteiger partial charge in [-0.15, -0.1) is 0 Å². The van der Waals surface area contributed by atoms with Gasteiger partial charge in [-0.05, 0) is 37.8 Å². The first kappa shape index (κ1) is 20.5. The fraction of sp³-hybridized carbons (Fsp3) is 0.522. The summed E-state index contributed by atoms with van der Waals surface area (Å²) in [7, 11) is 2.00.